The first-order valence-electron chi connectivity index (χ1n) is 6.28. The molecule has 2 aromatic rings. The third-order valence-corrected chi connectivity index (χ3v) is 3.59. The van der Waals surface area contributed by atoms with E-state index in [1.165, 1.54) is 35.0 Å². The third-order valence-electron chi connectivity index (χ3n) is 3.59. The number of aromatic nitrogens is 1. The Morgan fingerprint density at radius 2 is 2.18 bits per heavy atom. The maximum Gasteiger partial charge on any atom is 0.0480 e. The Kier molecular flexibility index (Phi) is 2.65. The Balaban J connectivity index is 1.92. The van der Waals surface area contributed by atoms with Gasteiger partial charge in [-0.2, -0.15) is 0 Å². The molecule has 0 bridgehead atoms. The molecule has 1 aliphatic rings. The lowest BCUT2D eigenvalue weighted by Crippen LogP contribution is -2.17. The summed E-state index contributed by atoms with van der Waals surface area (Å²) in [7, 11) is 2.13. The third kappa shape index (κ3) is 2.08. The molecule has 0 unspecified atom stereocenters. The minimum atomic E-state index is 0.612. The summed E-state index contributed by atoms with van der Waals surface area (Å²) in [5.41, 5.74) is 9.51. The molecule has 1 aliphatic carbocycles. The molecule has 3 heteroatoms. The van der Waals surface area contributed by atoms with Crippen molar-refractivity contribution in [2.24, 2.45) is 12.8 Å². The van der Waals surface area contributed by atoms with Crippen molar-refractivity contribution in [3.05, 3.63) is 35.5 Å². The number of nitrogens with two attached hydrogens (primary N) is 1. The first-order chi connectivity index (χ1) is 8.28. The molecule has 0 atom stereocenters. The summed E-state index contributed by atoms with van der Waals surface area (Å²) in [4.78, 5) is 0. The average molecular weight is 229 g/mol. The van der Waals surface area contributed by atoms with Crippen LogP contribution in [0.25, 0.3) is 10.9 Å². The standard InChI is InChI=1S/C14H19N3/c1-17-13(9-16-12-3-4-12)7-11-6-10(8-15)2-5-14(11)17/h2,5-7,12,16H,3-4,8-9,15H2,1H3. The van der Waals surface area contributed by atoms with Crippen LogP contribution in [0.1, 0.15) is 24.1 Å². The van der Waals surface area contributed by atoms with Crippen LogP contribution < -0.4 is 11.1 Å². The number of fused-ring (bicyclic) bond motifs is 1. The normalized spacial score (nSPS) is 15.6. The molecule has 90 valence electrons. The quantitative estimate of drug-likeness (QED) is 0.840. The predicted molar refractivity (Wildman–Crippen MR) is 70.7 cm³/mol. The van der Waals surface area contributed by atoms with Gasteiger partial charge in [0.15, 0.2) is 0 Å². The van der Waals surface area contributed by atoms with Crippen molar-refractivity contribution in [3.8, 4) is 0 Å². The fourth-order valence-corrected chi connectivity index (χ4v) is 2.29. The second kappa shape index (κ2) is 4.17. The monoisotopic (exact) mass is 229 g/mol. The minimum Gasteiger partial charge on any atom is -0.346 e. The van der Waals surface area contributed by atoms with E-state index in [1.807, 2.05) is 0 Å². The van der Waals surface area contributed by atoms with Gasteiger partial charge in [0.25, 0.3) is 0 Å². The van der Waals surface area contributed by atoms with Crippen molar-refractivity contribution < 1.29 is 0 Å². The summed E-state index contributed by atoms with van der Waals surface area (Å²) in [6.45, 7) is 1.58. The molecule has 3 rings (SSSR count). The van der Waals surface area contributed by atoms with Gasteiger partial charge in [0.2, 0.25) is 0 Å². The van der Waals surface area contributed by atoms with Crippen molar-refractivity contribution >= 4 is 10.9 Å². The molecule has 1 heterocycles. The fourth-order valence-electron chi connectivity index (χ4n) is 2.29. The molecule has 1 aromatic heterocycles. The van der Waals surface area contributed by atoms with E-state index in [4.69, 9.17) is 5.73 Å². The van der Waals surface area contributed by atoms with Gasteiger partial charge < -0.3 is 15.6 Å². The summed E-state index contributed by atoms with van der Waals surface area (Å²) < 4.78 is 2.27. The van der Waals surface area contributed by atoms with Crippen LogP contribution in [0.2, 0.25) is 0 Å². The second-order valence-corrected chi connectivity index (χ2v) is 4.95. The molecule has 3 nitrogen and oxygen atoms in total. The first kappa shape index (κ1) is 10.8. The molecule has 3 N–H and O–H groups in total. The zero-order chi connectivity index (χ0) is 11.8. The molecule has 0 saturated heterocycles. The van der Waals surface area contributed by atoms with Crippen LogP contribution in [-0.2, 0) is 20.1 Å². The van der Waals surface area contributed by atoms with Crippen LogP contribution >= 0.6 is 0 Å². The lowest BCUT2D eigenvalue weighted by atomic mass is 10.1. The molecule has 1 aromatic carbocycles. The van der Waals surface area contributed by atoms with Crippen LogP contribution in [0.3, 0.4) is 0 Å². The Morgan fingerprint density at radius 3 is 2.88 bits per heavy atom. The molecule has 0 radical (unpaired) electrons. The van der Waals surface area contributed by atoms with Crippen LogP contribution in [-0.4, -0.2) is 10.6 Å². The largest absolute Gasteiger partial charge is 0.346 e. The number of nitrogens with zero attached hydrogens (tertiary/aromatic N) is 1. The van der Waals surface area contributed by atoms with E-state index >= 15 is 0 Å². The van der Waals surface area contributed by atoms with Crippen LogP contribution in [0.4, 0.5) is 0 Å². The van der Waals surface area contributed by atoms with E-state index in [2.05, 4.69) is 41.2 Å². The van der Waals surface area contributed by atoms with Crippen LogP contribution in [0.15, 0.2) is 24.3 Å². The maximum atomic E-state index is 5.67. The van der Waals surface area contributed by atoms with E-state index in [9.17, 15) is 0 Å². The van der Waals surface area contributed by atoms with Gasteiger partial charge in [-0.05, 0) is 36.6 Å². The molecular formula is C14H19N3. The highest BCUT2D eigenvalue weighted by Gasteiger charge is 2.20. The Hall–Kier alpha value is -1.32. The van der Waals surface area contributed by atoms with E-state index in [0.717, 1.165) is 12.6 Å². The lowest BCUT2D eigenvalue weighted by molar-refractivity contribution is 0.655. The summed E-state index contributed by atoms with van der Waals surface area (Å²) in [6, 6.07) is 9.49. The number of rotatable bonds is 4. The number of aryl methyl sites for hydroxylation is 1. The van der Waals surface area contributed by atoms with Gasteiger partial charge in [-0.25, -0.2) is 0 Å². The average Bonchev–Trinajstić information content (AvgIpc) is 3.12. The number of nitrogens with one attached hydrogen (secondary N) is 1. The summed E-state index contributed by atoms with van der Waals surface area (Å²) in [5.74, 6) is 0. The topological polar surface area (TPSA) is 43.0 Å². The van der Waals surface area contributed by atoms with E-state index in [1.54, 1.807) is 0 Å². The Bertz CT molecular complexity index is 538. The molecule has 1 saturated carbocycles. The van der Waals surface area contributed by atoms with Crippen molar-refractivity contribution in [2.45, 2.75) is 32.0 Å². The van der Waals surface area contributed by atoms with Crippen molar-refractivity contribution in [1.82, 2.24) is 9.88 Å². The molecule has 0 spiro atoms. The number of benzene rings is 1. The second-order valence-electron chi connectivity index (χ2n) is 4.95. The highest BCUT2D eigenvalue weighted by molar-refractivity contribution is 5.82. The van der Waals surface area contributed by atoms with E-state index < -0.39 is 0 Å². The van der Waals surface area contributed by atoms with Gasteiger partial charge in [-0.3, -0.25) is 0 Å². The van der Waals surface area contributed by atoms with Gasteiger partial charge in [0.05, 0.1) is 0 Å². The van der Waals surface area contributed by atoms with E-state index in [0.29, 0.717) is 6.54 Å². The van der Waals surface area contributed by atoms with Gasteiger partial charge in [0.1, 0.15) is 0 Å². The lowest BCUT2D eigenvalue weighted by Gasteiger charge is -2.05. The maximum absolute atomic E-state index is 5.67. The van der Waals surface area contributed by atoms with Crippen molar-refractivity contribution in [1.29, 1.82) is 0 Å². The molecule has 17 heavy (non-hydrogen) atoms. The summed E-state index contributed by atoms with van der Waals surface area (Å²) in [6.07, 6.45) is 2.67. The highest BCUT2D eigenvalue weighted by atomic mass is 15.0. The molecule has 1 fully saturated rings. The van der Waals surface area contributed by atoms with Gasteiger partial charge >= 0.3 is 0 Å². The van der Waals surface area contributed by atoms with Crippen molar-refractivity contribution in [2.75, 3.05) is 0 Å². The number of hydrogen-bond acceptors (Lipinski definition) is 2. The molecule has 0 amide bonds. The van der Waals surface area contributed by atoms with Gasteiger partial charge in [0, 0.05) is 42.8 Å². The van der Waals surface area contributed by atoms with Gasteiger partial charge in [-0.15, -0.1) is 0 Å². The predicted octanol–water partition coefficient (Wildman–Crippen LogP) is 1.89. The molecule has 0 aliphatic heterocycles. The van der Waals surface area contributed by atoms with Gasteiger partial charge in [-0.1, -0.05) is 6.07 Å². The minimum absolute atomic E-state index is 0.612. The van der Waals surface area contributed by atoms with Crippen LogP contribution in [0, 0.1) is 0 Å². The molecular weight excluding hydrogens is 210 g/mol. The summed E-state index contributed by atoms with van der Waals surface area (Å²) in [5, 5.41) is 4.85. The van der Waals surface area contributed by atoms with Crippen molar-refractivity contribution in [3.63, 3.8) is 0 Å². The SMILES string of the molecule is Cn1c(CNC2CC2)cc2cc(CN)ccc21. The van der Waals surface area contributed by atoms with E-state index in [-0.39, 0.29) is 0 Å². The smallest absolute Gasteiger partial charge is 0.0480 e. The fraction of sp³-hybridized carbons (Fsp3) is 0.429. The Morgan fingerprint density at radius 1 is 1.35 bits per heavy atom. The number of hydrogen-bond donors (Lipinski definition) is 2. The van der Waals surface area contributed by atoms with Crippen LogP contribution in [0.5, 0.6) is 0 Å². The highest BCUT2D eigenvalue weighted by Crippen LogP contribution is 2.22. The Labute approximate surface area is 102 Å². The summed E-state index contributed by atoms with van der Waals surface area (Å²) >= 11 is 0. The zero-order valence-corrected chi connectivity index (χ0v) is 10.2. The zero-order valence-electron chi connectivity index (χ0n) is 10.2. The first-order valence-corrected chi connectivity index (χ1v) is 6.28.